The highest BCUT2D eigenvalue weighted by molar-refractivity contribution is 5.88. The molecule has 48 heavy (non-hydrogen) atoms. The average Bonchev–Trinajstić information content (AvgIpc) is 3.84. The Labute approximate surface area is 279 Å². The molecule has 12 heteroatoms. The summed E-state index contributed by atoms with van der Waals surface area (Å²) in [6.07, 6.45) is 0.173. The van der Waals surface area contributed by atoms with Crippen LogP contribution in [0.25, 0.3) is 0 Å². The topological polar surface area (TPSA) is 82.6 Å². The monoisotopic (exact) mass is 675 g/mol. The first-order valence-corrected chi connectivity index (χ1v) is 17.0. The SMILES string of the molecule is COC[C@@H]1CN(C(=O)[C@]2(F)CN(C3CCCC3)C[C@H]2c2ccc(OC)cc2)C[C@H]1c1ccc(C(F)(F)F)cc1N1CCC(C(=O)O)CC1. The number of hydrogen-bond acceptors (Lipinski definition) is 6. The second-order valence-corrected chi connectivity index (χ2v) is 14.0. The molecule has 8 nitrogen and oxygen atoms in total. The summed E-state index contributed by atoms with van der Waals surface area (Å²) < 4.78 is 70.3. The molecule has 4 atom stereocenters. The van der Waals surface area contributed by atoms with E-state index in [1.807, 2.05) is 17.0 Å². The first kappa shape index (κ1) is 34.5. The summed E-state index contributed by atoms with van der Waals surface area (Å²) in [6, 6.07) is 11.1. The number of benzene rings is 2. The van der Waals surface area contributed by atoms with Gasteiger partial charge < -0.3 is 24.4 Å². The molecular formula is C36H45F4N3O5. The zero-order chi connectivity index (χ0) is 34.2. The van der Waals surface area contributed by atoms with Crippen LogP contribution < -0.4 is 9.64 Å². The fourth-order valence-corrected chi connectivity index (χ4v) is 8.53. The number of carboxylic acid groups (broad SMARTS) is 1. The van der Waals surface area contributed by atoms with Crippen LogP contribution in [0.3, 0.4) is 0 Å². The Bertz CT molecular complexity index is 1460. The fraction of sp³-hybridized carbons (Fsp3) is 0.611. The van der Waals surface area contributed by atoms with E-state index in [1.54, 1.807) is 31.3 Å². The lowest BCUT2D eigenvalue weighted by atomic mass is 9.85. The molecule has 3 heterocycles. The molecule has 0 spiro atoms. The van der Waals surface area contributed by atoms with Gasteiger partial charge in [0.15, 0.2) is 0 Å². The molecule has 1 aliphatic carbocycles. The van der Waals surface area contributed by atoms with Gasteiger partial charge in [0.2, 0.25) is 5.67 Å². The summed E-state index contributed by atoms with van der Waals surface area (Å²) in [5.74, 6) is -2.78. The van der Waals surface area contributed by atoms with Crippen molar-refractivity contribution in [3.05, 3.63) is 59.2 Å². The molecule has 0 bridgehead atoms. The minimum Gasteiger partial charge on any atom is -0.497 e. The number of anilines is 1. The normalized spacial score (nSPS) is 27.6. The van der Waals surface area contributed by atoms with Gasteiger partial charge in [0.25, 0.3) is 5.91 Å². The van der Waals surface area contributed by atoms with E-state index in [2.05, 4.69) is 4.90 Å². The van der Waals surface area contributed by atoms with Crippen LogP contribution in [-0.4, -0.2) is 98.6 Å². The average molecular weight is 676 g/mol. The fourth-order valence-electron chi connectivity index (χ4n) is 8.53. The molecule has 262 valence electrons. The lowest BCUT2D eigenvalue weighted by molar-refractivity contribution is -0.143. The van der Waals surface area contributed by atoms with Crippen LogP contribution in [0.5, 0.6) is 5.75 Å². The van der Waals surface area contributed by atoms with Crippen LogP contribution in [0.2, 0.25) is 0 Å². The zero-order valence-electron chi connectivity index (χ0n) is 27.6. The maximum atomic E-state index is 17.6. The summed E-state index contributed by atoms with van der Waals surface area (Å²) in [7, 11) is 3.11. The number of piperidine rings is 1. The van der Waals surface area contributed by atoms with Crippen LogP contribution in [-0.2, 0) is 20.5 Å². The standard InChI is InChI=1S/C36H45F4N3O5/c1-47-21-25-18-42(19-30(25)29-12-9-26(36(38,39)40)17-32(29)41-15-13-24(14-16-41)33(44)45)34(46)35(37)22-43(27-5-3-4-6-27)20-31(35)23-7-10-28(48-2)11-8-23/h7-12,17,24-25,27,30-31H,3-6,13-16,18-22H2,1-2H3,(H,44,45)/t25-,30+,31-,35-/m0/s1. The number of methoxy groups -OCH3 is 2. The molecule has 1 N–H and O–H groups in total. The molecule has 0 radical (unpaired) electrons. The first-order valence-electron chi connectivity index (χ1n) is 17.0. The maximum Gasteiger partial charge on any atom is 0.416 e. The molecule has 1 amide bonds. The molecule has 4 fully saturated rings. The summed E-state index contributed by atoms with van der Waals surface area (Å²) in [5.41, 5.74) is -1.24. The number of carbonyl (C=O) groups is 2. The number of carboxylic acids is 1. The van der Waals surface area contributed by atoms with Crippen molar-refractivity contribution in [3.63, 3.8) is 0 Å². The molecule has 3 aliphatic heterocycles. The summed E-state index contributed by atoms with van der Waals surface area (Å²) in [6.45, 7) is 1.60. The minimum absolute atomic E-state index is 0.00659. The Morgan fingerprint density at radius 2 is 1.65 bits per heavy atom. The van der Waals surface area contributed by atoms with Crippen LogP contribution in [0.15, 0.2) is 42.5 Å². The van der Waals surface area contributed by atoms with Gasteiger partial charge in [-0.1, -0.05) is 31.0 Å². The molecule has 2 aromatic rings. The van der Waals surface area contributed by atoms with Crippen molar-refractivity contribution in [1.82, 2.24) is 9.80 Å². The summed E-state index contributed by atoms with van der Waals surface area (Å²) >= 11 is 0. The van der Waals surface area contributed by atoms with Crippen molar-refractivity contribution < 1.29 is 41.7 Å². The number of ether oxygens (including phenoxy) is 2. The second kappa shape index (κ2) is 13.9. The smallest absolute Gasteiger partial charge is 0.416 e. The second-order valence-electron chi connectivity index (χ2n) is 14.0. The Hall–Kier alpha value is -3.38. The molecule has 1 saturated carbocycles. The largest absolute Gasteiger partial charge is 0.497 e. The van der Waals surface area contributed by atoms with Gasteiger partial charge in [0.05, 0.1) is 25.2 Å². The van der Waals surface area contributed by atoms with E-state index in [-0.39, 0.29) is 38.2 Å². The van der Waals surface area contributed by atoms with Crippen molar-refractivity contribution in [2.75, 3.05) is 65.0 Å². The number of hydrogen-bond donors (Lipinski definition) is 1. The molecule has 2 aromatic carbocycles. The number of likely N-dealkylation sites (tertiary alicyclic amines) is 2. The van der Waals surface area contributed by atoms with E-state index in [1.165, 1.54) is 6.07 Å². The van der Waals surface area contributed by atoms with Gasteiger partial charge in [-0.05, 0) is 61.1 Å². The van der Waals surface area contributed by atoms with Gasteiger partial charge in [-0.25, -0.2) is 4.39 Å². The minimum atomic E-state index is -4.57. The van der Waals surface area contributed by atoms with Gasteiger partial charge in [0, 0.05) is 75.9 Å². The number of alkyl halides is 4. The van der Waals surface area contributed by atoms with Crippen LogP contribution in [0, 0.1) is 11.8 Å². The molecule has 0 aromatic heterocycles. The number of amides is 1. The van der Waals surface area contributed by atoms with Crippen molar-refractivity contribution in [2.24, 2.45) is 11.8 Å². The molecule has 6 rings (SSSR count). The molecule has 0 unspecified atom stereocenters. The van der Waals surface area contributed by atoms with Crippen molar-refractivity contribution >= 4 is 17.6 Å². The Balaban J connectivity index is 1.31. The zero-order valence-corrected chi connectivity index (χ0v) is 27.6. The highest BCUT2D eigenvalue weighted by Crippen LogP contribution is 2.47. The number of nitrogens with zero attached hydrogens (tertiary/aromatic N) is 3. The van der Waals surface area contributed by atoms with Crippen molar-refractivity contribution in [1.29, 1.82) is 0 Å². The molecule has 3 saturated heterocycles. The first-order chi connectivity index (χ1) is 22.9. The van der Waals surface area contributed by atoms with E-state index in [4.69, 9.17) is 9.47 Å². The van der Waals surface area contributed by atoms with Crippen LogP contribution in [0.4, 0.5) is 23.2 Å². The third-order valence-electron chi connectivity index (χ3n) is 11.2. The maximum absolute atomic E-state index is 17.6. The summed E-state index contributed by atoms with van der Waals surface area (Å²) in [5, 5.41) is 9.49. The van der Waals surface area contributed by atoms with Gasteiger partial charge in [-0.2, -0.15) is 13.2 Å². The highest BCUT2D eigenvalue weighted by Gasteiger charge is 2.57. The predicted molar refractivity (Wildman–Crippen MR) is 172 cm³/mol. The van der Waals surface area contributed by atoms with E-state index < -0.39 is 47.0 Å². The van der Waals surface area contributed by atoms with Crippen molar-refractivity contribution in [2.45, 2.75) is 68.2 Å². The number of rotatable bonds is 9. The van der Waals surface area contributed by atoms with Gasteiger partial charge >= 0.3 is 12.1 Å². The predicted octanol–water partition coefficient (Wildman–Crippen LogP) is 5.95. The Morgan fingerprint density at radius 1 is 0.958 bits per heavy atom. The third-order valence-corrected chi connectivity index (χ3v) is 11.2. The van der Waals surface area contributed by atoms with E-state index in [0.717, 1.165) is 43.4 Å². The quantitative estimate of drug-likeness (QED) is 0.329. The Kier molecular flexibility index (Phi) is 9.95. The number of halogens is 4. The lowest BCUT2D eigenvalue weighted by Crippen LogP contribution is -2.50. The van der Waals surface area contributed by atoms with Crippen molar-refractivity contribution in [3.8, 4) is 5.75 Å². The van der Waals surface area contributed by atoms with Gasteiger partial charge in [0.1, 0.15) is 5.75 Å². The highest BCUT2D eigenvalue weighted by atomic mass is 19.4. The Morgan fingerprint density at radius 3 is 2.25 bits per heavy atom. The number of carbonyl (C=O) groups excluding carboxylic acids is 1. The van der Waals surface area contributed by atoms with E-state index in [9.17, 15) is 27.9 Å². The van der Waals surface area contributed by atoms with E-state index in [0.29, 0.717) is 49.5 Å². The van der Waals surface area contributed by atoms with Crippen LogP contribution >= 0.6 is 0 Å². The number of aliphatic carboxylic acids is 1. The lowest BCUT2D eigenvalue weighted by Gasteiger charge is -2.35. The van der Waals surface area contributed by atoms with Gasteiger partial charge in [-0.15, -0.1) is 0 Å². The van der Waals surface area contributed by atoms with Gasteiger partial charge in [-0.3, -0.25) is 14.5 Å². The van der Waals surface area contributed by atoms with Crippen LogP contribution in [0.1, 0.15) is 67.1 Å². The molecular weight excluding hydrogens is 630 g/mol. The third kappa shape index (κ3) is 6.75. The molecule has 4 aliphatic rings. The summed E-state index contributed by atoms with van der Waals surface area (Å²) in [4.78, 5) is 31.6. The van der Waals surface area contributed by atoms with E-state index >= 15 is 4.39 Å².